The van der Waals surface area contributed by atoms with Crippen LogP contribution in [0, 0.1) is 0 Å². The number of rotatable bonds is 6. The fourth-order valence-corrected chi connectivity index (χ4v) is 2.48. The van der Waals surface area contributed by atoms with Crippen LogP contribution in [0.25, 0.3) is 11.0 Å². The molecule has 1 aromatic heterocycles. The third-order valence-corrected chi connectivity index (χ3v) is 4.52. The Morgan fingerprint density at radius 2 is 1.95 bits per heavy atom. The quantitative estimate of drug-likeness (QED) is 0.889. The van der Waals surface area contributed by atoms with E-state index in [9.17, 15) is 5.11 Å². The Balaban J connectivity index is 2.35. The summed E-state index contributed by atoms with van der Waals surface area (Å²) >= 11 is 0. The van der Waals surface area contributed by atoms with Crippen molar-refractivity contribution in [3.05, 3.63) is 30.1 Å². The van der Waals surface area contributed by atoms with Gasteiger partial charge in [-0.25, -0.2) is 4.98 Å². The average Bonchev–Trinajstić information content (AvgIpc) is 2.77. The molecule has 1 aromatic carbocycles. The number of aliphatic hydroxyl groups excluding tert-OH is 1. The van der Waals surface area contributed by atoms with Gasteiger partial charge in [-0.05, 0) is 46.5 Å². The Labute approximate surface area is 127 Å². The molecular formula is C17H27N3O. The van der Waals surface area contributed by atoms with Crippen LogP contribution < -0.4 is 0 Å². The first-order chi connectivity index (χ1) is 9.87. The zero-order valence-electron chi connectivity index (χ0n) is 13.8. The number of nitrogens with zero attached hydrogens (tertiary/aromatic N) is 3. The normalized spacial score (nSPS) is 14.0. The molecule has 0 radical (unpaired) electrons. The molecule has 4 nitrogen and oxygen atoms in total. The zero-order valence-corrected chi connectivity index (χ0v) is 13.8. The molecule has 1 atom stereocenters. The Kier molecular flexibility index (Phi) is 4.69. The third-order valence-electron chi connectivity index (χ3n) is 4.52. The second-order valence-corrected chi connectivity index (χ2v) is 6.44. The van der Waals surface area contributed by atoms with Crippen LogP contribution in [-0.4, -0.2) is 45.3 Å². The van der Waals surface area contributed by atoms with Gasteiger partial charge in [0.25, 0.3) is 0 Å². The number of para-hydroxylation sites is 2. The first kappa shape index (κ1) is 16.0. The summed E-state index contributed by atoms with van der Waals surface area (Å²) in [5, 5.41) is 10.6. The predicted octanol–water partition coefficient (Wildman–Crippen LogP) is 2.69. The van der Waals surface area contributed by atoms with E-state index in [2.05, 4.69) is 36.3 Å². The minimum Gasteiger partial charge on any atom is -0.391 e. The Hall–Kier alpha value is -1.39. The van der Waals surface area contributed by atoms with Crippen molar-refractivity contribution in [3.63, 3.8) is 0 Å². The van der Waals surface area contributed by atoms with Crippen LogP contribution in [0.15, 0.2) is 24.3 Å². The van der Waals surface area contributed by atoms with Crippen LogP contribution in [0.5, 0.6) is 0 Å². The summed E-state index contributed by atoms with van der Waals surface area (Å²) in [7, 11) is 4.00. The Morgan fingerprint density at radius 1 is 1.29 bits per heavy atom. The van der Waals surface area contributed by atoms with E-state index < -0.39 is 6.10 Å². The molecule has 0 fully saturated rings. The van der Waals surface area contributed by atoms with E-state index >= 15 is 0 Å². The van der Waals surface area contributed by atoms with Crippen LogP contribution in [-0.2, 0) is 13.0 Å². The fourth-order valence-electron chi connectivity index (χ4n) is 2.48. The van der Waals surface area contributed by atoms with E-state index in [0.29, 0.717) is 6.42 Å². The lowest BCUT2D eigenvalue weighted by Crippen LogP contribution is -2.49. The maximum atomic E-state index is 10.6. The Morgan fingerprint density at radius 3 is 2.57 bits per heavy atom. The lowest BCUT2D eigenvalue weighted by atomic mass is 9.93. The smallest absolute Gasteiger partial charge is 0.112 e. The second kappa shape index (κ2) is 6.16. The lowest BCUT2D eigenvalue weighted by Gasteiger charge is -2.37. The highest BCUT2D eigenvalue weighted by molar-refractivity contribution is 5.75. The standard InChI is InChI=1S/C17H27N3O/c1-6-11-20-14-10-8-7-9-13(14)18-16(20)12-15(21)17(2,3)19(4)5/h7-10,15,21H,6,11-12H2,1-5H3. The van der Waals surface area contributed by atoms with Gasteiger partial charge in [0.15, 0.2) is 0 Å². The molecule has 1 unspecified atom stereocenters. The van der Waals surface area contributed by atoms with E-state index in [4.69, 9.17) is 4.98 Å². The molecule has 0 saturated carbocycles. The van der Waals surface area contributed by atoms with Crippen molar-refractivity contribution in [2.75, 3.05) is 14.1 Å². The monoisotopic (exact) mass is 289 g/mol. The number of benzene rings is 1. The number of fused-ring (bicyclic) bond motifs is 1. The fraction of sp³-hybridized carbons (Fsp3) is 0.588. The molecule has 0 saturated heterocycles. The first-order valence-electron chi connectivity index (χ1n) is 7.67. The number of imidazole rings is 1. The first-order valence-corrected chi connectivity index (χ1v) is 7.67. The van der Waals surface area contributed by atoms with Gasteiger partial charge in [0.2, 0.25) is 0 Å². The number of aliphatic hydroxyl groups is 1. The van der Waals surface area contributed by atoms with Crippen LogP contribution in [0.3, 0.4) is 0 Å². The predicted molar refractivity (Wildman–Crippen MR) is 87.5 cm³/mol. The molecule has 4 heteroatoms. The van der Waals surface area contributed by atoms with Crippen LogP contribution in [0.1, 0.15) is 33.0 Å². The summed E-state index contributed by atoms with van der Waals surface area (Å²) < 4.78 is 2.24. The molecule has 1 heterocycles. The van der Waals surface area contributed by atoms with Crippen LogP contribution >= 0.6 is 0 Å². The van der Waals surface area contributed by atoms with Crippen LogP contribution in [0.2, 0.25) is 0 Å². The summed E-state index contributed by atoms with van der Waals surface area (Å²) in [6, 6.07) is 8.19. The van der Waals surface area contributed by atoms with E-state index in [0.717, 1.165) is 29.8 Å². The molecule has 0 aliphatic carbocycles. The lowest BCUT2D eigenvalue weighted by molar-refractivity contribution is 0.0166. The van der Waals surface area contributed by atoms with Crippen molar-refractivity contribution in [1.29, 1.82) is 0 Å². The van der Waals surface area contributed by atoms with Gasteiger partial charge in [0.1, 0.15) is 5.82 Å². The number of likely N-dealkylation sites (N-methyl/N-ethyl adjacent to an activating group) is 1. The van der Waals surface area contributed by atoms with Gasteiger partial charge in [0.05, 0.1) is 17.1 Å². The molecule has 0 bridgehead atoms. The molecule has 2 rings (SSSR count). The van der Waals surface area contributed by atoms with Gasteiger partial charge in [-0.2, -0.15) is 0 Å². The van der Waals surface area contributed by atoms with Crippen molar-refractivity contribution in [2.45, 2.75) is 51.8 Å². The second-order valence-electron chi connectivity index (χ2n) is 6.44. The minimum absolute atomic E-state index is 0.283. The van der Waals surface area contributed by atoms with Gasteiger partial charge < -0.3 is 14.6 Å². The zero-order chi connectivity index (χ0) is 15.6. The van der Waals surface area contributed by atoms with E-state index in [-0.39, 0.29) is 5.54 Å². The highest BCUT2D eigenvalue weighted by atomic mass is 16.3. The maximum Gasteiger partial charge on any atom is 0.112 e. The molecule has 1 N–H and O–H groups in total. The van der Waals surface area contributed by atoms with Gasteiger partial charge in [-0.1, -0.05) is 19.1 Å². The van der Waals surface area contributed by atoms with Crippen molar-refractivity contribution in [1.82, 2.24) is 14.5 Å². The molecule has 0 aliphatic heterocycles. The van der Waals surface area contributed by atoms with Gasteiger partial charge >= 0.3 is 0 Å². The van der Waals surface area contributed by atoms with Crippen LogP contribution in [0.4, 0.5) is 0 Å². The SMILES string of the molecule is CCCn1c(CC(O)C(C)(C)N(C)C)nc2ccccc21. The summed E-state index contributed by atoms with van der Waals surface area (Å²) in [5.41, 5.74) is 1.88. The van der Waals surface area contributed by atoms with Gasteiger partial charge in [-0.15, -0.1) is 0 Å². The third kappa shape index (κ3) is 3.11. The summed E-state index contributed by atoms with van der Waals surface area (Å²) in [5.74, 6) is 0.973. The summed E-state index contributed by atoms with van der Waals surface area (Å²) in [4.78, 5) is 6.79. The maximum absolute atomic E-state index is 10.6. The average molecular weight is 289 g/mol. The number of hydrogen-bond donors (Lipinski definition) is 1. The van der Waals surface area contributed by atoms with Crippen molar-refractivity contribution in [2.24, 2.45) is 0 Å². The van der Waals surface area contributed by atoms with Gasteiger partial charge in [-0.3, -0.25) is 0 Å². The summed E-state index contributed by atoms with van der Waals surface area (Å²) in [6.45, 7) is 7.22. The van der Waals surface area contributed by atoms with Crippen molar-refractivity contribution < 1.29 is 5.11 Å². The van der Waals surface area contributed by atoms with E-state index in [1.807, 2.05) is 32.3 Å². The molecule has 21 heavy (non-hydrogen) atoms. The largest absolute Gasteiger partial charge is 0.391 e. The molecule has 116 valence electrons. The van der Waals surface area contributed by atoms with Crippen molar-refractivity contribution >= 4 is 11.0 Å². The molecule has 2 aromatic rings. The number of aryl methyl sites for hydroxylation is 1. The topological polar surface area (TPSA) is 41.3 Å². The highest BCUT2D eigenvalue weighted by Gasteiger charge is 2.31. The van der Waals surface area contributed by atoms with Crippen molar-refractivity contribution in [3.8, 4) is 0 Å². The molecule has 0 amide bonds. The highest BCUT2D eigenvalue weighted by Crippen LogP contribution is 2.22. The molecule has 0 spiro atoms. The van der Waals surface area contributed by atoms with Gasteiger partial charge in [0, 0.05) is 18.5 Å². The van der Waals surface area contributed by atoms with E-state index in [1.165, 1.54) is 0 Å². The molecular weight excluding hydrogens is 262 g/mol. The Bertz CT molecular complexity index is 601. The van der Waals surface area contributed by atoms with E-state index in [1.54, 1.807) is 0 Å². The summed E-state index contributed by atoms with van der Waals surface area (Å²) in [6.07, 6.45) is 1.17. The number of aromatic nitrogens is 2. The molecule has 0 aliphatic rings. The number of hydrogen-bond acceptors (Lipinski definition) is 3. The minimum atomic E-state index is -0.458.